The number of H-pyrrole nitrogens is 2. The van der Waals surface area contributed by atoms with Crippen molar-refractivity contribution in [3.63, 3.8) is 0 Å². The first-order valence-corrected chi connectivity index (χ1v) is 7.44. The zero-order chi connectivity index (χ0) is 16.7. The molecule has 0 aliphatic heterocycles. The smallest absolute Gasteiger partial charge is 0.328 e. The average Bonchev–Trinajstić information content (AvgIpc) is 3.14. The van der Waals surface area contributed by atoms with Gasteiger partial charge in [-0.15, -0.1) is 0 Å². The summed E-state index contributed by atoms with van der Waals surface area (Å²) in [6, 6.07) is 9.68. The molecule has 0 aliphatic carbocycles. The molecule has 0 bridgehead atoms. The average molecular weight is 321 g/mol. The maximum absolute atomic E-state index is 12.3. The number of nitrogens with one attached hydrogen (secondary N) is 2. The lowest BCUT2D eigenvalue weighted by molar-refractivity contribution is 0.777. The largest absolute Gasteiger partial charge is 0.382 e. The van der Waals surface area contributed by atoms with Crippen LogP contribution in [0.25, 0.3) is 22.8 Å². The van der Waals surface area contributed by atoms with Gasteiger partial charge in [-0.25, -0.2) is 19.7 Å². The van der Waals surface area contributed by atoms with E-state index in [9.17, 15) is 4.79 Å². The van der Waals surface area contributed by atoms with Crippen molar-refractivity contribution < 1.29 is 0 Å². The minimum atomic E-state index is -0.275. The molecule has 0 aliphatic rings. The molecule has 1 aromatic carbocycles. The molecule has 0 unspecified atom stereocenters. The summed E-state index contributed by atoms with van der Waals surface area (Å²) in [7, 11) is 0. The lowest BCUT2D eigenvalue weighted by Crippen LogP contribution is -2.17. The van der Waals surface area contributed by atoms with Crippen molar-refractivity contribution in [3.8, 4) is 11.6 Å². The van der Waals surface area contributed by atoms with Crippen LogP contribution in [0.5, 0.6) is 0 Å². The van der Waals surface area contributed by atoms with Crippen molar-refractivity contribution in [1.29, 1.82) is 0 Å². The standard InChI is InChI=1S/C16H15N7O/c1-9-7-18-13(19-9)14-21-12(17)11-15(22-14)23(16(24)20-11)8-10-5-3-2-4-6-10/h2-7H,8H2,1H3,(H,18,19)(H,20,24)(H2,17,21,22). The van der Waals surface area contributed by atoms with Gasteiger partial charge in [-0.2, -0.15) is 0 Å². The lowest BCUT2D eigenvalue weighted by Gasteiger charge is -2.04. The number of benzene rings is 1. The Morgan fingerprint density at radius 1 is 1.17 bits per heavy atom. The summed E-state index contributed by atoms with van der Waals surface area (Å²) in [5.74, 6) is 1.09. The molecular formula is C16H15N7O. The van der Waals surface area contributed by atoms with Crippen molar-refractivity contribution in [2.24, 2.45) is 0 Å². The van der Waals surface area contributed by atoms with E-state index in [2.05, 4.69) is 24.9 Å². The van der Waals surface area contributed by atoms with Gasteiger partial charge in [0.25, 0.3) is 0 Å². The molecule has 120 valence electrons. The third kappa shape index (κ3) is 2.34. The normalized spacial score (nSPS) is 11.2. The number of nitrogen functional groups attached to an aromatic ring is 1. The van der Waals surface area contributed by atoms with Crippen LogP contribution in [-0.4, -0.2) is 29.5 Å². The van der Waals surface area contributed by atoms with Gasteiger partial charge in [0.05, 0.1) is 12.2 Å². The van der Waals surface area contributed by atoms with Gasteiger partial charge in [0, 0.05) is 6.20 Å². The van der Waals surface area contributed by atoms with Crippen molar-refractivity contribution in [1.82, 2.24) is 29.5 Å². The second-order valence-electron chi connectivity index (χ2n) is 5.52. The van der Waals surface area contributed by atoms with E-state index >= 15 is 0 Å². The fraction of sp³-hybridized carbons (Fsp3) is 0.125. The van der Waals surface area contributed by atoms with Gasteiger partial charge in [-0.05, 0) is 12.5 Å². The predicted octanol–water partition coefficient (Wildman–Crippen LogP) is 1.45. The Kier molecular flexibility index (Phi) is 3.16. The monoisotopic (exact) mass is 321 g/mol. The van der Waals surface area contributed by atoms with Crippen LogP contribution >= 0.6 is 0 Å². The molecule has 0 fully saturated rings. The third-order valence-corrected chi connectivity index (χ3v) is 3.75. The lowest BCUT2D eigenvalue weighted by atomic mass is 10.2. The Morgan fingerprint density at radius 2 is 1.96 bits per heavy atom. The zero-order valence-electron chi connectivity index (χ0n) is 12.9. The molecule has 4 aromatic rings. The van der Waals surface area contributed by atoms with Gasteiger partial charge >= 0.3 is 5.69 Å². The summed E-state index contributed by atoms with van der Waals surface area (Å²) in [4.78, 5) is 31.1. The fourth-order valence-electron chi connectivity index (χ4n) is 2.60. The van der Waals surface area contributed by atoms with Crippen molar-refractivity contribution in [2.75, 3.05) is 5.73 Å². The Labute approximate surface area is 136 Å². The quantitative estimate of drug-likeness (QED) is 0.528. The molecule has 24 heavy (non-hydrogen) atoms. The van der Waals surface area contributed by atoms with E-state index in [0.717, 1.165) is 11.3 Å². The van der Waals surface area contributed by atoms with E-state index in [-0.39, 0.29) is 11.5 Å². The maximum atomic E-state index is 12.3. The first kappa shape index (κ1) is 14.2. The molecular weight excluding hydrogens is 306 g/mol. The minimum Gasteiger partial charge on any atom is -0.382 e. The fourth-order valence-corrected chi connectivity index (χ4v) is 2.60. The number of nitrogens with zero attached hydrogens (tertiary/aromatic N) is 4. The molecule has 0 radical (unpaired) electrons. The number of anilines is 1. The van der Waals surface area contributed by atoms with Gasteiger partial charge in [0.1, 0.15) is 5.52 Å². The Bertz CT molecular complexity index is 1070. The molecule has 0 saturated heterocycles. The van der Waals surface area contributed by atoms with Crippen molar-refractivity contribution in [3.05, 3.63) is 58.3 Å². The van der Waals surface area contributed by atoms with E-state index < -0.39 is 0 Å². The molecule has 8 nitrogen and oxygen atoms in total. The summed E-state index contributed by atoms with van der Waals surface area (Å²) >= 11 is 0. The number of imidazole rings is 2. The SMILES string of the molecule is Cc1c[nH]c(-c2nc(N)c3[nH]c(=O)n(Cc4ccccc4)c3n2)n1. The van der Waals surface area contributed by atoms with Crippen LogP contribution in [0, 0.1) is 6.92 Å². The molecule has 4 N–H and O–H groups in total. The molecule has 3 heterocycles. The number of nitrogens with two attached hydrogens (primary N) is 1. The van der Waals surface area contributed by atoms with Crippen LogP contribution in [0.3, 0.4) is 0 Å². The van der Waals surface area contributed by atoms with Crippen LogP contribution in [0.4, 0.5) is 5.82 Å². The van der Waals surface area contributed by atoms with Gasteiger partial charge in [0.15, 0.2) is 23.1 Å². The van der Waals surface area contributed by atoms with E-state index in [1.54, 1.807) is 10.8 Å². The van der Waals surface area contributed by atoms with Crippen LogP contribution in [0.1, 0.15) is 11.3 Å². The summed E-state index contributed by atoms with van der Waals surface area (Å²) in [6.45, 7) is 2.26. The van der Waals surface area contributed by atoms with Gasteiger partial charge in [-0.1, -0.05) is 30.3 Å². The van der Waals surface area contributed by atoms with Crippen LogP contribution < -0.4 is 11.4 Å². The van der Waals surface area contributed by atoms with E-state index in [1.165, 1.54) is 0 Å². The number of fused-ring (bicyclic) bond motifs is 1. The predicted molar refractivity (Wildman–Crippen MR) is 90.4 cm³/mol. The third-order valence-electron chi connectivity index (χ3n) is 3.75. The molecule has 0 amide bonds. The number of hydrogen-bond donors (Lipinski definition) is 3. The number of aromatic amines is 2. The number of rotatable bonds is 3. The first-order chi connectivity index (χ1) is 11.6. The topological polar surface area (TPSA) is 118 Å². The maximum Gasteiger partial charge on any atom is 0.328 e. The summed E-state index contributed by atoms with van der Waals surface area (Å²) in [6.07, 6.45) is 1.76. The molecule has 4 rings (SSSR count). The molecule has 3 aromatic heterocycles. The van der Waals surface area contributed by atoms with E-state index in [4.69, 9.17) is 5.73 Å². The summed E-state index contributed by atoms with van der Waals surface area (Å²) < 4.78 is 1.54. The molecule has 0 saturated carbocycles. The highest BCUT2D eigenvalue weighted by Gasteiger charge is 2.16. The summed E-state index contributed by atoms with van der Waals surface area (Å²) in [5.41, 5.74) is 8.43. The van der Waals surface area contributed by atoms with E-state index in [0.29, 0.717) is 29.4 Å². The Balaban J connectivity index is 1.89. The van der Waals surface area contributed by atoms with Gasteiger partial charge in [-0.3, -0.25) is 4.57 Å². The van der Waals surface area contributed by atoms with Crippen LogP contribution in [0.15, 0.2) is 41.3 Å². The molecule has 0 spiro atoms. The minimum absolute atomic E-state index is 0.216. The van der Waals surface area contributed by atoms with Crippen LogP contribution in [0.2, 0.25) is 0 Å². The van der Waals surface area contributed by atoms with Gasteiger partial charge < -0.3 is 15.7 Å². The van der Waals surface area contributed by atoms with Gasteiger partial charge in [0.2, 0.25) is 0 Å². The highest BCUT2D eigenvalue weighted by atomic mass is 16.1. The number of aryl methyl sites for hydroxylation is 1. The number of hydrogen-bond acceptors (Lipinski definition) is 5. The number of aromatic nitrogens is 6. The van der Waals surface area contributed by atoms with Crippen molar-refractivity contribution >= 4 is 17.0 Å². The molecule has 0 atom stereocenters. The highest BCUT2D eigenvalue weighted by Crippen LogP contribution is 2.19. The Hall–Kier alpha value is -3.42. The van der Waals surface area contributed by atoms with E-state index in [1.807, 2.05) is 37.3 Å². The summed E-state index contributed by atoms with van der Waals surface area (Å²) in [5, 5.41) is 0. The first-order valence-electron chi connectivity index (χ1n) is 7.44. The second kappa shape index (κ2) is 5.34. The second-order valence-corrected chi connectivity index (χ2v) is 5.52. The van der Waals surface area contributed by atoms with Crippen LogP contribution in [-0.2, 0) is 6.54 Å². The zero-order valence-corrected chi connectivity index (χ0v) is 12.9. The van der Waals surface area contributed by atoms with Crippen molar-refractivity contribution in [2.45, 2.75) is 13.5 Å². The Morgan fingerprint density at radius 3 is 2.67 bits per heavy atom. The molecule has 8 heteroatoms. The highest BCUT2D eigenvalue weighted by molar-refractivity contribution is 5.83.